The molecule has 11 nitrogen and oxygen atoms in total. The van der Waals surface area contributed by atoms with Gasteiger partial charge in [-0.1, -0.05) is 0 Å². The minimum Gasteiger partial charge on any atom is -0.483 e. The Kier molecular flexibility index (Phi) is 13.3. The first-order chi connectivity index (χ1) is 10.7. The lowest BCUT2D eigenvalue weighted by Gasteiger charge is -2.16. The van der Waals surface area contributed by atoms with Crippen molar-refractivity contribution in [2.75, 3.05) is 12.3 Å². The number of nitrogens with one attached hydrogen (secondary N) is 2. The van der Waals surface area contributed by atoms with Gasteiger partial charge in [-0.3, -0.25) is 24.0 Å². The summed E-state index contributed by atoms with van der Waals surface area (Å²) in [5.74, 6) is -3.70. The van der Waals surface area contributed by atoms with Crippen molar-refractivity contribution in [1.29, 1.82) is 0 Å². The quantitative estimate of drug-likeness (QED) is 0.173. The molecule has 2 amide bonds. The highest BCUT2D eigenvalue weighted by Crippen LogP contribution is 1.97. The van der Waals surface area contributed by atoms with Crippen LogP contribution in [0.2, 0.25) is 0 Å². The van der Waals surface area contributed by atoms with Crippen LogP contribution in [0.5, 0.6) is 0 Å². The number of hydrogen-bond acceptors (Lipinski definition) is 7. The van der Waals surface area contributed by atoms with Gasteiger partial charge in [-0.05, 0) is 6.42 Å². The molecule has 132 valence electrons. The van der Waals surface area contributed by atoms with E-state index in [1.807, 2.05) is 0 Å². The van der Waals surface area contributed by atoms with E-state index in [9.17, 15) is 19.2 Å². The lowest BCUT2D eigenvalue weighted by Crippen LogP contribution is -2.49. The lowest BCUT2D eigenvalue weighted by molar-refractivity contribution is -0.139. The van der Waals surface area contributed by atoms with Crippen LogP contribution in [0.15, 0.2) is 0 Å². The first-order valence-electron chi connectivity index (χ1n) is 6.15. The molecule has 0 rings (SSSR count). The van der Waals surface area contributed by atoms with Gasteiger partial charge in [0, 0.05) is 12.2 Å². The third-order valence-corrected chi connectivity index (χ3v) is 2.61. The fraction of sp³-hybridized carbons (Fsp3) is 0.545. The van der Waals surface area contributed by atoms with Crippen LogP contribution in [0.3, 0.4) is 0 Å². The van der Waals surface area contributed by atoms with Crippen molar-refractivity contribution in [3.05, 3.63) is 0 Å². The topological polar surface area (TPSA) is 196 Å². The summed E-state index contributed by atoms with van der Waals surface area (Å²) in [6.45, 7) is -0.817. The van der Waals surface area contributed by atoms with Crippen LogP contribution in [-0.4, -0.2) is 69.9 Å². The molecule has 0 spiro atoms. The summed E-state index contributed by atoms with van der Waals surface area (Å²) >= 11 is 3.87. The average Bonchev–Trinajstić information content (AvgIpc) is 2.48. The number of thiol groups is 1. The number of nitrogens with two attached hydrogens (primary N) is 1. The third-order valence-electron chi connectivity index (χ3n) is 2.25. The van der Waals surface area contributed by atoms with Gasteiger partial charge >= 0.3 is 11.9 Å². The Morgan fingerprint density at radius 3 is 2.13 bits per heavy atom. The average molecular weight is 353 g/mol. The highest BCUT2D eigenvalue weighted by molar-refractivity contribution is 7.80. The Morgan fingerprint density at radius 2 is 1.74 bits per heavy atom. The zero-order valence-electron chi connectivity index (χ0n) is 12.0. The summed E-state index contributed by atoms with van der Waals surface area (Å²) in [6.07, 6.45) is -0.235. The molecule has 7 N–H and O–H groups in total. The van der Waals surface area contributed by atoms with Crippen molar-refractivity contribution >= 4 is 42.9 Å². The molecule has 0 aliphatic carbocycles. The highest BCUT2D eigenvalue weighted by atomic mass is 32.1. The van der Waals surface area contributed by atoms with Crippen LogP contribution in [0.25, 0.3) is 0 Å². The number of carbonyl (C=O) groups is 5. The largest absolute Gasteiger partial charge is 0.483 e. The van der Waals surface area contributed by atoms with E-state index in [1.54, 1.807) is 0 Å². The minimum atomic E-state index is -1.22. The smallest absolute Gasteiger partial charge is 0.322 e. The number of carboxylic acid groups (broad SMARTS) is 3. The van der Waals surface area contributed by atoms with Crippen LogP contribution in [-0.2, 0) is 24.0 Å². The molecule has 0 aromatic carbocycles. The second-order valence-electron chi connectivity index (χ2n) is 4.00. The van der Waals surface area contributed by atoms with Crippen LogP contribution >= 0.6 is 12.6 Å². The van der Waals surface area contributed by atoms with E-state index >= 15 is 0 Å². The summed E-state index contributed by atoms with van der Waals surface area (Å²) < 4.78 is 0. The first kappa shape index (κ1) is 22.9. The summed E-state index contributed by atoms with van der Waals surface area (Å²) in [6, 6.07) is -2.15. The Labute approximate surface area is 136 Å². The molecule has 0 radical (unpaired) electrons. The van der Waals surface area contributed by atoms with Gasteiger partial charge in [0.05, 0.1) is 0 Å². The molecule has 0 saturated heterocycles. The molecule has 2 atom stereocenters. The number of aliphatic carboxylic acids is 2. The lowest BCUT2D eigenvalue weighted by atomic mass is 10.1. The van der Waals surface area contributed by atoms with E-state index in [0.717, 1.165) is 0 Å². The standard InChI is InChI=1S/C10H17N3O6S.CH2O2/c11-5(10(18)19)1-2-7(14)13-6(4-20)9(17)12-3-8(15)16;2-1-3/h5-6,20H,1-4,11H2,(H,12,17)(H,13,14)(H,15,16)(H,18,19);1H,(H,2,3). The van der Waals surface area contributed by atoms with Crippen molar-refractivity contribution in [3.8, 4) is 0 Å². The van der Waals surface area contributed by atoms with Crippen LogP contribution in [0.4, 0.5) is 0 Å². The fourth-order valence-corrected chi connectivity index (χ4v) is 1.41. The summed E-state index contributed by atoms with van der Waals surface area (Å²) in [5.41, 5.74) is 5.23. The number of amides is 2. The zero-order chi connectivity index (χ0) is 18.4. The minimum absolute atomic E-state index is 0.0256. The van der Waals surface area contributed by atoms with E-state index in [4.69, 9.17) is 25.8 Å². The van der Waals surface area contributed by atoms with Gasteiger partial charge in [-0.25, -0.2) is 0 Å². The van der Waals surface area contributed by atoms with Crippen molar-refractivity contribution in [2.24, 2.45) is 5.73 Å². The predicted octanol–water partition coefficient (Wildman–Crippen LogP) is -2.51. The normalized spacial score (nSPS) is 11.9. The second kappa shape index (κ2) is 13.3. The van der Waals surface area contributed by atoms with Crippen molar-refractivity contribution in [1.82, 2.24) is 10.6 Å². The summed E-state index contributed by atoms with van der Waals surface area (Å²) in [5, 5.41) is 28.3. The molecule has 0 aliphatic rings. The number of hydrogen-bond donors (Lipinski definition) is 7. The van der Waals surface area contributed by atoms with Gasteiger partial charge in [-0.15, -0.1) is 0 Å². The summed E-state index contributed by atoms with van der Waals surface area (Å²) in [4.78, 5) is 52.1. The van der Waals surface area contributed by atoms with Gasteiger partial charge < -0.3 is 31.7 Å². The van der Waals surface area contributed by atoms with E-state index < -0.39 is 42.4 Å². The zero-order valence-corrected chi connectivity index (χ0v) is 12.9. The molecule has 12 heteroatoms. The molecule has 0 fully saturated rings. The van der Waals surface area contributed by atoms with Gasteiger partial charge in [-0.2, -0.15) is 12.6 Å². The maximum absolute atomic E-state index is 11.5. The Bertz CT molecular complexity index is 431. The van der Waals surface area contributed by atoms with Crippen molar-refractivity contribution < 1.29 is 39.3 Å². The third kappa shape index (κ3) is 13.1. The summed E-state index contributed by atoms with van der Waals surface area (Å²) in [7, 11) is 0. The van der Waals surface area contributed by atoms with E-state index in [0.29, 0.717) is 0 Å². The maximum atomic E-state index is 11.5. The van der Waals surface area contributed by atoms with Crippen molar-refractivity contribution in [2.45, 2.75) is 24.9 Å². The predicted molar refractivity (Wildman–Crippen MR) is 80.0 cm³/mol. The second-order valence-corrected chi connectivity index (χ2v) is 4.37. The van der Waals surface area contributed by atoms with Gasteiger partial charge in [0.2, 0.25) is 11.8 Å². The number of rotatable bonds is 9. The fourth-order valence-electron chi connectivity index (χ4n) is 1.16. The molecule has 0 heterocycles. The highest BCUT2D eigenvalue weighted by Gasteiger charge is 2.20. The van der Waals surface area contributed by atoms with E-state index in [-0.39, 0.29) is 25.1 Å². The monoisotopic (exact) mass is 353 g/mol. The Hall–Kier alpha value is -2.34. The molecular formula is C11H19N3O8S. The molecule has 0 aromatic rings. The first-order valence-corrected chi connectivity index (χ1v) is 6.78. The van der Waals surface area contributed by atoms with E-state index in [2.05, 4.69) is 23.3 Å². The van der Waals surface area contributed by atoms with Crippen molar-refractivity contribution in [3.63, 3.8) is 0 Å². The maximum Gasteiger partial charge on any atom is 0.322 e. The number of carbonyl (C=O) groups excluding carboxylic acids is 2. The molecule has 2 unspecified atom stereocenters. The van der Waals surface area contributed by atoms with Gasteiger partial charge in [0.15, 0.2) is 0 Å². The van der Waals surface area contributed by atoms with Crippen LogP contribution < -0.4 is 16.4 Å². The van der Waals surface area contributed by atoms with Crippen LogP contribution in [0, 0.1) is 0 Å². The Morgan fingerprint density at radius 1 is 1.22 bits per heavy atom. The number of carboxylic acids is 2. The molecule has 0 aromatic heterocycles. The molecule has 0 aliphatic heterocycles. The van der Waals surface area contributed by atoms with E-state index in [1.165, 1.54) is 0 Å². The SMILES string of the molecule is NC(CCC(=O)NC(CS)C(=O)NCC(=O)O)C(=O)O.O=CO. The molecule has 0 saturated carbocycles. The van der Waals surface area contributed by atoms with Crippen LogP contribution in [0.1, 0.15) is 12.8 Å². The molecule has 0 bridgehead atoms. The molecular weight excluding hydrogens is 334 g/mol. The Balaban J connectivity index is 0. The van der Waals surface area contributed by atoms with Gasteiger partial charge in [0.25, 0.3) is 6.47 Å². The van der Waals surface area contributed by atoms with Gasteiger partial charge in [0.1, 0.15) is 18.6 Å². The molecule has 23 heavy (non-hydrogen) atoms.